The van der Waals surface area contributed by atoms with Gasteiger partial charge in [0.15, 0.2) is 17.6 Å². The molecule has 1 amide bonds. The second-order valence-corrected chi connectivity index (χ2v) is 6.11. The summed E-state index contributed by atoms with van der Waals surface area (Å²) in [5, 5.41) is 2.92. The fraction of sp³-hybridized carbons (Fsp3) is 0.381. The molecule has 0 saturated heterocycles. The molecule has 5 heteroatoms. The molecule has 1 N–H and O–H groups in total. The van der Waals surface area contributed by atoms with Crippen molar-refractivity contribution in [1.29, 1.82) is 0 Å². The standard InChI is InChI=1S/C21H27NO4/c1-15-8-5-6-10-18(15)26-16(2)21(23)22-13-7-9-17-11-12-19(24-3)20(14-17)25-4/h5-6,8,10-12,14,16H,7,9,13H2,1-4H3,(H,22,23)/t16-/m0/s1. The molecule has 0 fully saturated rings. The summed E-state index contributed by atoms with van der Waals surface area (Å²) in [6.45, 7) is 4.31. The number of methoxy groups -OCH3 is 2. The monoisotopic (exact) mass is 357 g/mol. The summed E-state index contributed by atoms with van der Waals surface area (Å²) in [5.41, 5.74) is 2.15. The summed E-state index contributed by atoms with van der Waals surface area (Å²) < 4.78 is 16.3. The zero-order valence-electron chi connectivity index (χ0n) is 15.9. The van der Waals surface area contributed by atoms with E-state index in [-0.39, 0.29) is 5.91 Å². The minimum Gasteiger partial charge on any atom is -0.493 e. The molecule has 0 saturated carbocycles. The highest BCUT2D eigenvalue weighted by Gasteiger charge is 2.14. The number of benzene rings is 2. The van der Waals surface area contributed by atoms with Crippen LogP contribution in [0, 0.1) is 6.92 Å². The number of para-hydroxylation sites is 1. The number of ether oxygens (including phenoxy) is 3. The minimum atomic E-state index is -0.530. The van der Waals surface area contributed by atoms with Crippen LogP contribution in [0.3, 0.4) is 0 Å². The lowest BCUT2D eigenvalue weighted by atomic mass is 10.1. The van der Waals surface area contributed by atoms with E-state index in [1.54, 1.807) is 21.1 Å². The highest BCUT2D eigenvalue weighted by Crippen LogP contribution is 2.27. The molecule has 0 aliphatic rings. The first-order chi connectivity index (χ1) is 12.5. The number of aryl methyl sites for hydroxylation is 2. The molecule has 0 unspecified atom stereocenters. The van der Waals surface area contributed by atoms with Crippen molar-refractivity contribution in [3.63, 3.8) is 0 Å². The fourth-order valence-corrected chi connectivity index (χ4v) is 2.62. The van der Waals surface area contributed by atoms with Gasteiger partial charge in [0.05, 0.1) is 14.2 Å². The topological polar surface area (TPSA) is 56.8 Å². The van der Waals surface area contributed by atoms with Crippen LogP contribution in [-0.4, -0.2) is 32.8 Å². The Hall–Kier alpha value is -2.69. The van der Waals surface area contributed by atoms with Crippen LogP contribution in [0.1, 0.15) is 24.5 Å². The number of hydrogen-bond acceptors (Lipinski definition) is 4. The van der Waals surface area contributed by atoms with Crippen molar-refractivity contribution in [1.82, 2.24) is 5.32 Å². The first-order valence-electron chi connectivity index (χ1n) is 8.76. The Bertz CT molecular complexity index is 730. The summed E-state index contributed by atoms with van der Waals surface area (Å²) in [7, 11) is 3.24. The minimum absolute atomic E-state index is 0.111. The normalized spacial score (nSPS) is 11.5. The zero-order chi connectivity index (χ0) is 18.9. The third-order valence-electron chi connectivity index (χ3n) is 4.16. The maximum absolute atomic E-state index is 12.2. The summed E-state index contributed by atoms with van der Waals surface area (Å²) in [4.78, 5) is 12.2. The van der Waals surface area contributed by atoms with Crippen molar-refractivity contribution in [2.75, 3.05) is 20.8 Å². The van der Waals surface area contributed by atoms with Gasteiger partial charge in [-0.25, -0.2) is 0 Å². The molecule has 0 aliphatic heterocycles. The van der Waals surface area contributed by atoms with Crippen LogP contribution in [0.2, 0.25) is 0 Å². The largest absolute Gasteiger partial charge is 0.493 e. The average molecular weight is 357 g/mol. The molecule has 0 aromatic heterocycles. The third kappa shape index (κ3) is 5.41. The summed E-state index contributed by atoms with van der Waals surface area (Å²) in [6.07, 6.45) is 1.14. The van der Waals surface area contributed by atoms with Gasteiger partial charge >= 0.3 is 0 Å². The molecular formula is C21H27NO4. The summed E-state index contributed by atoms with van der Waals surface area (Å²) >= 11 is 0. The average Bonchev–Trinajstić information content (AvgIpc) is 2.66. The zero-order valence-corrected chi connectivity index (χ0v) is 15.9. The first kappa shape index (κ1) is 19.6. The van der Waals surface area contributed by atoms with E-state index in [1.165, 1.54) is 0 Å². The number of carbonyl (C=O) groups is 1. The van der Waals surface area contributed by atoms with E-state index in [1.807, 2.05) is 49.4 Å². The van der Waals surface area contributed by atoms with Gasteiger partial charge in [0.1, 0.15) is 5.75 Å². The van der Waals surface area contributed by atoms with Gasteiger partial charge in [0.25, 0.3) is 5.91 Å². The summed E-state index contributed by atoms with van der Waals surface area (Å²) in [6, 6.07) is 13.5. The van der Waals surface area contributed by atoms with E-state index in [4.69, 9.17) is 14.2 Å². The number of carbonyl (C=O) groups excluding carboxylic acids is 1. The van der Waals surface area contributed by atoms with Crippen molar-refractivity contribution in [3.8, 4) is 17.2 Å². The van der Waals surface area contributed by atoms with E-state index >= 15 is 0 Å². The molecule has 1 atom stereocenters. The van der Waals surface area contributed by atoms with E-state index in [0.717, 1.165) is 29.7 Å². The Labute approximate surface area is 155 Å². The molecular weight excluding hydrogens is 330 g/mol. The second-order valence-electron chi connectivity index (χ2n) is 6.11. The maximum Gasteiger partial charge on any atom is 0.260 e. The van der Waals surface area contributed by atoms with E-state index in [9.17, 15) is 4.79 Å². The first-order valence-corrected chi connectivity index (χ1v) is 8.76. The van der Waals surface area contributed by atoms with Gasteiger partial charge in [0, 0.05) is 6.54 Å². The van der Waals surface area contributed by atoms with Gasteiger partial charge in [-0.15, -0.1) is 0 Å². The molecule has 0 aliphatic carbocycles. The fourth-order valence-electron chi connectivity index (χ4n) is 2.62. The lowest BCUT2D eigenvalue weighted by Gasteiger charge is -2.16. The molecule has 0 bridgehead atoms. The predicted octanol–water partition coefficient (Wildman–Crippen LogP) is 3.53. The lowest BCUT2D eigenvalue weighted by Crippen LogP contribution is -2.37. The van der Waals surface area contributed by atoms with Crippen LogP contribution in [0.5, 0.6) is 17.2 Å². The van der Waals surface area contributed by atoms with Crippen LogP contribution in [0.15, 0.2) is 42.5 Å². The predicted molar refractivity (Wildman–Crippen MR) is 102 cm³/mol. The van der Waals surface area contributed by atoms with Crippen molar-refractivity contribution in [2.45, 2.75) is 32.8 Å². The smallest absolute Gasteiger partial charge is 0.260 e. The second kappa shape index (κ2) is 9.70. The molecule has 2 aromatic carbocycles. The molecule has 0 radical (unpaired) electrons. The van der Waals surface area contributed by atoms with Crippen molar-refractivity contribution in [2.24, 2.45) is 0 Å². The van der Waals surface area contributed by atoms with Gasteiger partial charge in [-0.2, -0.15) is 0 Å². The number of hydrogen-bond donors (Lipinski definition) is 1. The van der Waals surface area contributed by atoms with E-state index in [2.05, 4.69) is 5.32 Å². The van der Waals surface area contributed by atoms with E-state index < -0.39 is 6.10 Å². The molecule has 26 heavy (non-hydrogen) atoms. The van der Waals surface area contributed by atoms with Crippen molar-refractivity contribution < 1.29 is 19.0 Å². The van der Waals surface area contributed by atoms with Crippen LogP contribution < -0.4 is 19.5 Å². The lowest BCUT2D eigenvalue weighted by molar-refractivity contribution is -0.127. The number of amides is 1. The molecule has 5 nitrogen and oxygen atoms in total. The highest BCUT2D eigenvalue weighted by atomic mass is 16.5. The Morgan fingerprint density at radius 2 is 1.77 bits per heavy atom. The van der Waals surface area contributed by atoms with Gasteiger partial charge < -0.3 is 19.5 Å². The SMILES string of the molecule is COc1ccc(CCCNC(=O)[C@H](C)Oc2ccccc2C)cc1OC. The van der Waals surface area contributed by atoms with Gasteiger partial charge in [0.2, 0.25) is 0 Å². The highest BCUT2D eigenvalue weighted by molar-refractivity contribution is 5.80. The molecule has 0 spiro atoms. The molecule has 2 rings (SSSR count). The Balaban J connectivity index is 1.77. The van der Waals surface area contributed by atoms with Crippen molar-refractivity contribution in [3.05, 3.63) is 53.6 Å². The van der Waals surface area contributed by atoms with Gasteiger partial charge in [-0.1, -0.05) is 24.3 Å². The van der Waals surface area contributed by atoms with Crippen LogP contribution in [-0.2, 0) is 11.2 Å². The molecule has 0 heterocycles. The Kier molecular flexibility index (Phi) is 7.33. The van der Waals surface area contributed by atoms with Gasteiger partial charge in [-0.05, 0) is 56.0 Å². The maximum atomic E-state index is 12.2. The number of nitrogens with one attached hydrogen (secondary N) is 1. The molecule has 2 aromatic rings. The summed E-state index contributed by atoms with van der Waals surface area (Å²) in [5.74, 6) is 2.06. The van der Waals surface area contributed by atoms with Crippen LogP contribution in [0.25, 0.3) is 0 Å². The van der Waals surface area contributed by atoms with Gasteiger partial charge in [-0.3, -0.25) is 4.79 Å². The van der Waals surface area contributed by atoms with Crippen molar-refractivity contribution >= 4 is 5.91 Å². The van der Waals surface area contributed by atoms with Crippen LogP contribution in [0.4, 0.5) is 0 Å². The molecule has 140 valence electrons. The Morgan fingerprint density at radius 3 is 2.46 bits per heavy atom. The number of rotatable bonds is 9. The third-order valence-corrected chi connectivity index (χ3v) is 4.16. The van der Waals surface area contributed by atoms with Crippen LogP contribution >= 0.6 is 0 Å². The Morgan fingerprint density at radius 1 is 1.04 bits per heavy atom. The van der Waals surface area contributed by atoms with E-state index in [0.29, 0.717) is 18.0 Å². The quantitative estimate of drug-likeness (QED) is 0.698.